The van der Waals surface area contributed by atoms with E-state index in [4.69, 9.17) is 14.1 Å². The molecule has 2 aliphatic heterocycles. The lowest BCUT2D eigenvalue weighted by molar-refractivity contribution is 0.247. The van der Waals surface area contributed by atoms with Gasteiger partial charge in [0.25, 0.3) is 0 Å². The number of rotatable bonds is 8. The van der Waals surface area contributed by atoms with Gasteiger partial charge in [0.05, 0.1) is 5.69 Å². The summed E-state index contributed by atoms with van der Waals surface area (Å²) < 4.78 is 13.4. The van der Waals surface area contributed by atoms with E-state index in [1.807, 2.05) is 18.5 Å². The van der Waals surface area contributed by atoms with Gasteiger partial charge in [0.2, 0.25) is 5.82 Å². The van der Waals surface area contributed by atoms with Crippen LogP contribution >= 0.6 is 11.8 Å². The van der Waals surface area contributed by atoms with Gasteiger partial charge in [-0.3, -0.25) is 0 Å². The number of thioether (sulfide) groups is 1. The lowest BCUT2D eigenvalue weighted by Gasteiger charge is -2.24. The molecule has 2 aromatic rings. The molecule has 1 saturated carbocycles. The minimum Gasteiger partial charge on any atom is -0.471 e. The monoisotopic (exact) mass is 466 g/mol. The summed E-state index contributed by atoms with van der Waals surface area (Å²) in [5.41, 5.74) is 2.68. The van der Waals surface area contributed by atoms with Crippen LogP contribution in [0, 0.1) is 18.3 Å². The quantitative estimate of drug-likeness (QED) is 0.434. The first-order chi connectivity index (χ1) is 16.1. The summed E-state index contributed by atoms with van der Waals surface area (Å²) in [6, 6.07) is 0.179. The van der Waals surface area contributed by atoms with Crippen molar-refractivity contribution >= 4 is 17.7 Å². The maximum absolute atomic E-state index is 5.92. The number of hydrogen-bond donors (Lipinski definition) is 0. The smallest absolute Gasteiger partial charge is 0.202 e. The number of aliphatic imine (C=N–C) groups is 1. The van der Waals surface area contributed by atoms with E-state index in [1.165, 1.54) is 31.5 Å². The summed E-state index contributed by atoms with van der Waals surface area (Å²) in [4.78, 5) is 11.6. The zero-order valence-corrected chi connectivity index (χ0v) is 20.2. The summed E-state index contributed by atoms with van der Waals surface area (Å²) in [5.74, 6) is 4.13. The number of allylic oxidation sites excluding steroid dienone is 1. The highest BCUT2D eigenvalue weighted by Gasteiger charge is 2.61. The summed E-state index contributed by atoms with van der Waals surface area (Å²) >= 11 is 1.76. The van der Waals surface area contributed by atoms with Crippen molar-refractivity contribution in [3.8, 4) is 11.6 Å². The third-order valence-electron chi connectivity index (χ3n) is 7.44. The van der Waals surface area contributed by atoms with Crippen LogP contribution in [0.3, 0.4) is 0 Å². The van der Waals surface area contributed by atoms with Crippen LogP contribution in [-0.4, -0.2) is 68.1 Å². The second-order valence-corrected chi connectivity index (χ2v) is 10.6. The predicted octanol–water partition coefficient (Wildman–Crippen LogP) is 3.65. The maximum atomic E-state index is 5.92. The molecule has 4 atom stereocenters. The van der Waals surface area contributed by atoms with Crippen LogP contribution in [0.5, 0.6) is 0 Å². The van der Waals surface area contributed by atoms with Crippen molar-refractivity contribution in [2.75, 3.05) is 25.4 Å². The van der Waals surface area contributed by atoms with E-state index in [1.54, 1.807) is 11.8 Å². The number of oxazole rings is 1. The zero-order chi connectivity index (χ0) is 22.6. The van der Waals surface area contributed by atoms with Gasteiger partial charge in [-0.25, -0.2) is 9.98 Å². The Kier molecular flexibility index (Phi) is 5.21. The van der Waals surface area contributed by atoms with Crippen molar-refractivity contribution in [2.24, 2.45) is 23.4 Å². The minimum atomic E-state index is 0.112. The molecule has 0 N–H and O–H groups in total. The molecule has 0 aromatic carbocycles. The summed E-state index contributed by atoms with van der Waals surface area (Å²) in [7, 11) is 1.98. The normalized spacial score (nSPS) is 30.1. The lowest BCUT2D eigenvalue weighted by atomic mass is 9.88. The van der Waals surface area contributed by atoms with Gasteiger partial charge >= 0.3 is 0 Å². The molecule has 33 heavy (non-hydrogen) atoms. The van der Waals surface area contributed by atoms with Gasteiger partial charge in [-0.2, -0.15) is 0 Å². The Morgan fingerprint density at radius 3 is 3.03 bits per heavy atom. The van der Waals surface area contributed by atoms with Crippen molar-refractivity contribution in [3.05, 3.63) is 35.9 Å². The molecule has 2 fully saturated rings. The Morgan fingerprint density at radius 1 is 1.30 bits per heavy atom. The van der Waals surface area contributed by atoms with Crippen molar-refractivity contribution in [1.29, 1.82) is 0 Å². The van der Waals surface area contributed by atoms with E-state index in [2.05, 4.69) is 45.2 Å². The Hall–Kier alpha value is -2.39. The van der Waals surface area contributed by atoms with E-state index in [0.29, 0.717) is 11.2 Å². The SMILES string of the molecule is CCC1=NC2C=C(C34CC3CN(CCCSc3nnc(-c5ocnc5C)n3C)C4)C=CC2O1. The molecular weight excluding hydrogens is 436 g/mol. The predicted molar refractivity (Wildman–Crippen MR) is 127 cm³/mol. The fourth-order valence-electron chi connectivity index (χ4n) is 5.54. The second kappa shape index (κ2) is 8.13. The number of piperidine rings is 1. The maximum Gasteiger partial charge on any atom is 0.202 e. The van der Waals surface area contributed by atoms with Crippen LogP contribution in [0.1, 0.15) is 31.9 Å². The van der Waals surface area contributed by atoms with Gasteiger partial charge in [-0.1, -0.05) is 30.8 Å². The molecule has 4 unspecified atom stereocenters. The number of nitrogens with zero attached hydrogens (tertiary/aromatic N) is 6. The van der Waals surface area contributed by atoms with Gasteiger partial charge in [0, 0.05) is 37.7 Å². The molecule has 0 spiro atoms. The minimum absolute atomic E-state index is 0.112. The van der Waals surface area contributed by atoms with E-state index in [0.717, 1.165) is 53.6 Å². The topological polar surface area (TPSA) is 81.6 Å². The first kappa shape index (κ1) is 21.2. The van der Waals surface area contributed by atoms with E-state index >= 15 is 0 Å². The molecule has 8 nitrogen and oxygen atoms in total. The van der Waals surface area contributed by atoms with Crippen molar-refractivity contribution in [1.82, 2.24) is 24.6 Å². The molecule has 9 heteroatoms. The highest BCUT2D eigenvalue weighted by Crippen LogP contribution is 2.63. The number of hydrogen-bond acceptors (Lipinski definition) is 8. The highest BCUT2D eigenvalue weighted by atomic mass is 32.2. The third-order valence-corrected chi connectivity index (χ3v) is 8.55. The number of ether oxygens (including phenoxy) is 1. The fourth-order valence-corrected chi connectivity index (χ4v) is 6.37. The van der Waals surface area contributed by atoms with Gasteiger partial charge in [-0.15, -0.1) is 10.2 Å². The molecular formula is C24H30N6O2S. The second-order valence-electron chi connectivity index (χ2n) is 9.56. The van der Waals surface area contributed by atoms with Gasteiger partial charge in [-0.05, 0) is 43.9 Å². The van der Waals surface area contributed by atoms with Crippen molar-refractivity contribution in [3.63, 3.8) is 0 Å². The average molecular weight is 467 g/mol. The lowest BCUT2D eigenvalue weighted by Crippen LogP contribution is -2.28. The van der Waals surface area contributed by atoms with Crippen LogP contribution in [0.2, 0.25) is 0 Å². The Balaban J connectivity index is 1.01. The van der Waals surface area contributed by atoms with E-state index in [-0.39, 0.29) is 12.1 Å². The molecule has 6 rings (SSSR count). The number of fused-ring (bicyclic) bond motifs is 2. The molecule has 0 radical (unpaired) electrons. The van der Waals surface area contributed by atoms with Crippen LogP contribution in [0.25, 0.3) is 11.6 Å². The molecule has 4 heterocycles. The molecule has 0 bridgehead atoms. The summed E-state index contributed by atoms with van der Waals surface area (Å²) in [6.45, 7) is 7.53. The number of likely N-dealkylation sites (tertiary alicyclic amines) is 1. The Bertz CT molecular complexity index is 1150. The Morgan fingerprint density at radius 2 is 2.21 bits per heavy atom. The molecule has 4 aliphatic rings. The summed E-state index contributed by atoms with van der Waals surface area (Å²) in [6.07, 6.45) is 11.8. The largest absolute Gasteiger partial charge is 0.471 e. The zero-order valence-electron chi connectivity index (χ0n) is 19.4. The van der Waals surface area contributed by atoms with Crippen LogP contribution in [0.15, 0.2) is 44.8 Å². The molecule has 2 aliphatic carbocycles. The van der Waals surface area contributed by atoms with Crippen LogP contribution in [0.4, 0.5) is 0 Å². The van der Waals surface area contributed by atoms with Gasteiger partial charge < -0.3 is 18.6 Å². The summed E-state index contributed by atoms with van der Waals surface area (Å²) in [5, 5.41) is 9.57. The highest BCUT2D eigenvalue weighted by molar-refractivity contribution is 7.99. The first-order valence-corrected chi connectivity index (χ1v) is 12.8. The molecule has 174 valence electrons. The third kappa shape index (κ3) is 3.65. The average Bonchev–Trinajstić information content (AvgIpc) is 3.28. The fraction of sp³-hybridized carbons (Fsp3) is 0.583. The first-order valence-electron chi connectivity index (χ1n) is 11.9. The molecule has 2 aromatic heterocycles. The number of aryl methyl sites for hydroxylation is 1. The van der Waals surface area contributed by atoms with Crippen LogP contribution < -0.4 is 0 Å². The van der Waals surface area contributed by atoms with Gasteiger partial charge in [0.1, 0.15) is 12.1 Å². The van der Waals surface area contributed by atoms with E-state index < -0.39 is 0 Å². The van der Waals surface area contributed by atoms with E-state index in [9.17, 15) is 0 Å². The van der Waals surface area contributed by atoms with Gasteiger partial charge in [0.15, 0.2) is 23.2 Å². The molecule has 1 saturated heterocycles. The standard InChI is InChI=1S/C24H30N6O2S/c1-4-20-26-18-10-16(6-7-19(18)32-20)24-11-17(24)12-30(13-24)8-5-9-33-23-28-27-22(29(23)3)21-15(2)25-14-31-21/h6-7,10,14,17-19H,4-5,8-9,11-13H2,1-3H3. The number of aromatic nitrogens is 4. The Labute approximate surface area is 198 Å². The molecule has 0 amide bonds. The van der Waals surface area contributed by atoms with Crippen molar-refractivity contribution < 1.29 is 9.15 Å². The van der Waals surface area contributed by atoms with Crippen molar-refractivity contribution in [2.45, 2.75) is 50.4 Å². The van der Waals surface area contributed by atoms with Crippen LogP contribution in [-0.2, 0) is 11.8 Å².